The van der Waals surface area contributed by atoms with Gasteiger partial charge in [0.2, 0.25) is 0 Å². The zero-order chi connectivity index (χ0) is 23.4. The van der Waals surface area contributed by atoms with Gasteiger partial charge in [-0.2, -0.15) is 0 Å². The number of hydrogen-bond donors (Lipinski definition) is 2. The number of carbonyl (C=O) groups excluding carboxylic acids is 1. The number of carbonyl (C=O) groups is 1. The molecule has 0 saturated carbocycles. The Hall–Kier alpha value is -3.16. The summed E-state index contributed by atoms with van der Waals surface area (Å²) in [6.45, 7) is 7.00. The maximum Gasteiger partial charge on any atom is 0.261 e. The number of sulfonamides is 1. The minimum atomic E-state index is -3.73. The molecule has 0 aliphatic carbocycles. The molecular weight excluding hydrogens is 434 g/mol. The summed E-state index contributed by atoms with van der Waals surface area (Å²) in [5.74, 6) is -0.230. The van der Waals surface area contributed by atoms with E-state index in [9.17, 15) is 13.2 Å². The van der Waals surface area contributed by atoms with Crippen molar-refractivity contribution in [3.8, 4) is 0 Å². The van der Waals surface area contributed by atoms with Crippen molar-refractivity contribution in [3.63, 3.8) is 0 Å². The van der Waals surface area contributed by atoms with E-state index in [0.29, 0.717) is 16.9 Å². The number of benzene rings is 3. The Balaban J connectivity index is 1.38. The third-order valence-corrected chi connectivity index (χ3v) is 7.25. The molecule has 1 aliphatic heterocycles. The summed E-state index contributed by atoms with van der Waals surface area (Å²) < 4.78 is 28.1. The lowest BCUT2D eigenvalue weighted by molar-refractivity contribution is 0.102. The fourth-order valence-electron chi connectivity index (χ4n) is 4.01. The number of likely N-dealkylation sites (tertiary alicyclic amines) is 1. The average molecular weight is 464 g/mol. The van der Waals surface area contributed by atoms with Gasteiger partial charge in [-0.15, -0.1) is 0 Å². The molecule has 1 amide bonds. The Morgan fingerprint density at radius 1 is 0.909 bits per heavy atom. The standard InChI is InChI=1S/C26H29N3O3S/c1-19-5-14-25(20(2)17-19)28-33(31,32)24-12-10-23(11-13-24)27-26(30)22-8-6-21(7-9-22)18-29-15-3-4-16-29/h5-14,17,28H,3-4,15-16,18H2,1-2H3,(H,27,30). The molecule has 3 aromatic rings. The molecule has 0 aromatic heterocycles. The molecule has 0 bridgehead atoms. The van der Waals surface area contributed by atoms with E-state index < -0.39 is 10.0 Å². The van der Waals surface area contributed by atoms with Gasteiger partial charge in [-0.3, -0.25) is 14.4 Å². The first-order chi connectivity index (χ1) is 15.8. The van der Waals surface area contributed by atoms with E-state index in [1.807, 2.05) is 50.2 Å². The minimum absolute atomic E-state index is 0.131. The lowest BCUT2D eigenvalue weighted by Gasteiger charge is -2.14. The number of nitrogens with zero attached hydrogens (tertiary/aromatic N) is 1. The molecule has 1 aliphatic rings. The summed E-state index contributed by atoms with van der Waals surface area (Å²) in [5.41, 5.74) is 4.76. The summed E-state index contributed by atoms with van der Waals surface area (Å²) in [4.78, 5) is 15.2. The number of anilines is 2. The molecule has 0 unspecified atom stereocenters. The van der Waals surface area contributed by atoms with Crippen molar-refractivity contribution >= 4 is 27.3 Å². The molecular formula is C26H29N3O3S. The Bertz CT molecular complexity index is 1230. The monoisotopic (exact) mass is 463 g/mol. The maximum atomic E-state index is 12.7. The van der Waals surface area contributed by atoms with Crippen LogP contribution >= 0.6 is 0 Å². The van der Waals surface area contributed by atoms with Gasteiger partial charge < -0.3 is 5.32 Å². The summed E-state index contributed by atoms with van der Waals surface area (Å²) in [6, 6.07) is 19.3. The molecule has 4 rings (SSSR count). The lowest BCUT2D eigenvalue weighted by atomic mass is 10.1. The molecule has 0 atom stereocenters. The zero-order valence-electron chi connectivity index (χ0n) is 19.0. The third-order valence-electron chi connectivity index (χ3n) is 5.87. The molecule has 3 aromatic carbocycles. The van der Waals surface area contributed by atoms with Crippen molar-refractivity contribution < 1.29 is 13.2 Å². The smallest absolute Gasteiger partial charge is 0.261 e. The predicted molar refractivity (Wildman–Crippen MR) is 132 cm³/mol. The second-order valence-corrected chi connectivity index (χ2v) is 10.3. The van der Waals surface area contributed by atoms with Gasteiger partial charge >= 0.3 is 0 Å². The molecule has 6 nitrogen and oxygen atoms in total. The van der Waals surface area contributed by atoms with Crippen LogP contribution in [0.4, 0.5) is 11.4 Å². The van der Waals surface area contributed by atoms with Crippen molar-refractivity contribution in [1.29, 1.82) is 0 Å². The first kappa shape index (κ1) is 23.0. The first-order valence-electron chi connectivity index (χ1n) is 11.1. The highest BCUT2D eigenvalue weighted by molar-refractivity contribution is 7.92. The van der Waals surface area contributed by atoms with Crippen LogP contribution in [-0.4, -0.2) is 32.3 Å². The highest BCUT2D eigenvalue weighted by Crippen LogP contribution is 2.22. The molecule has 1 heterocycles. The lowest BCUT2D eigenvalue weighted by Crippen LogP contribution is -2.18. The summed E-state index contributed by atoms with van der Waals surface area (Å²) >= 11 is 0. The molecule has 7 heteroatoms. The summed E-state index contributed by atoms with van der Waals surface area (Å²) in [6.07, 6.45) is 2.50. The summed E-state index contributed by atoms with van der Waals surface area (Å²) in [7, 11) is -3.73. The average Bonchev–Trinajstić information content (AvgIpc) is 3.30. The van der Waals surface area contributed by atoms with E-state index in [-0.39, 0.29) is 10.8 Å². The van der Waals surface area contributed by atoms with Crippen LogP contribution in [0.15, 0.2) is 71.6 Å². The quantitative estimate of drug-likeness (QED) is 0.520. The van der Waals surface area contributed by atoms with E-state index >= 15 is 0 Å². The van der Waals surface area contributed by atoms with Crippen LogP contribution in [0.3, 0.4) is 0 Å². The molecule has 1 fully saturated rings. The van der Waals surface area contributed by atoms with Crippen LogP contribution in [-0.2, 0) is 16.6 Å². The van der Waals surface area contributed by atoms with Gasteiger partial charge in [0.05, 0.1) is 10.6 Å². The largest absolute Gasteiger partial charge is 0.322 e. The van der Waals surface area contributed by atoms with E-state index in [0.717, 1.165) is 30.8 Å². The zero-order valence-corrected chi connectivity index (χ0v) is 19.8. The number of aryl methyl sites for hydroxylation is 2. The Labute approximate surface area is 195 Å². The van der Waals surface area contributed by atoms with Gasteiger partial charge in [-0.05, 0) is 93.4 Å². The van der Waals surface area contributed by atoms with E-state index in [4.69, 9.17) is 0 Å². The first-order valence-corrected chi connectivity index (χ1v) is 12.6. The molecule has 33 heavy (non-hydrogen) atoms. The van der Waals surface area contributed by atoms with Crippen LogP contribution in [0.5, 0.6) is 0 Å². The van der Waals surface area contributed by atoms with Crippen LogP contribution in [0.1, 0.15) is 39.9 Å². The van der Waals surface area contributed by atoms with Gasteiger partial charge in [0, 0.05) is 17.8 Å². The van der Waals surface area contributed by atoms with Crippen molar-refractivity contribution in [2.24, 2.45) is 0 Å². The Morgan fingerprint density at radius 3 is 2.21 bits per heavy atom. The second kappa shape index (κ2) is 9.77. The van der Waals surface area contributed by atoms with Crippen molar-refractivity contribution in [1.82, 2.24) is 4.90 Å². The number of amides is 1. The van der Waals surface area contributed by atoms with Crippen molar-refractivity contribution in [2.45, 2.75) is 38.1 Å². The fourth-order valence-corrected chi connectivity index (χ4v) is 5.14. The highest BCUT2D eigenvalue weighted by Gasteiger charge is 2.16. The van der Waals surface area contributed by atoms with Crippen LogP contribution in [0, 0.1) is 13.8 Å². The summed E-state index contributed by atoms with van der Waals surface area (Å²) in [5, 5.41) is 2.83. The number of rotatable bonds is 7. The SMILES string of the molecule is Cc1ccc(NS(=O)(=O)c2ccc(NC(=O)c3ccc(CN4CCCC4)cc3)cc2)c(C)c1. The van der Waals surface area contributed by atoms with Gasteiger partial charge in [0.15, 0.2) is 0 Å². The second-order valence-electron chi connectivity index (χ2n) is 8.58. The number of nitrogens with one attached hydrogen (secondary N) is 2. The topological polar surface area (TPSA) is 78.5 Å². The van der Waals surface area contributed by atoms with Gasteiger partial charge in [0.1, 0.15) is 0 Å². The molecule has 0 radical (unpaired) electrons. The van der Waals surface area contributed by atoms with Crippen molar-refractivity contribution in [3.05, 3.63) is 89.0 Å². The predicted octanol–water partition coefficient (Wildman–Crippen LogP) is 4.95. The Morgan fingerprint density at radius 2 is 1.58 bits per heavy atom. The maximum absolute atomic E-state index is 12.7. The Kier molecular flexibility index (Phi) is 6.81. The van der Waals surface area contributed by atoms with Crippen LogP contribution < -0.4 is 10.0 Å². The fraction of sp³-hybridized carbons (Fsp3) is 0.269. The van der Waals surface area contributed by atoms with Gasteiger partial charge in [-0.25, -0.2) is 8.42 Å². The minimum Gasteiger partial charge on any atom is -0.322 e. The van der Waals surface area contributed by atoms with E-state index in [1.165, 1.54) is 30.5 Å². The molecule has 0 spiro atoms. The molecule has 172 valence electrons. The van der Waals surface area contributed by atoms with E-state index in [1.54, 1.807) is 18.2 Å². The van der Waals surface area contributed by atoms with E-state index in [2.05, 4.69) is 14.9 Å². The molecule has 2 N–H and O–H groups in total. The normalized spacial score (nSPS) is 14.2. The van der Waals surface area contributed by atoms with Gasteiger partial charge in [0.25, 0.3) is 15.9 Å². The highest BCUT2D eigenvalue weighted by atomic mass is 32.2. The third kappa shape index (κ3) is 5.80. The molecule has 1 saturated heterocycles. The van der Waals surface area contributed by atoms with Gasteiger partial charge in [-0.1, -0.05) is 29.8 Å². The van der Waals surface area contributed by atoms with Crippen molar-refractivity contribution in [2.75, 3.05) is 23.1 Å². The van der Waals surface area contributed by atoms with Crippen LogP contribution in [0.25, 0.3) is 0 Å². The van der Waals surface area contributed by atoms with Crippen LogP contribution in [0.2, 0.25) is 0 Å². The number of hydrogen-bond acceptors (Lipinski definition) is 4.